The molecule has 0 amide bonds. The van der Waals surface area contributed by atoms with Crippen LogP contribution in [0, 0.1) is 5.92 Å². The summed E-state index contributed by atoms with van der Waals surface area (Å²) >= 11 is 0. The Labute approximate surface area is 88.2 Å². The number of rotatable bonds is 2. The number of methoxy groups -OCH3 is 1. The number of Topliss-reactive ketones (excluding diaryl/α,β-unsaturated/α-hetero) is 1. The molecular weight excluding hydrogens is 196 g/mol. The van der Waals surface area contributed by atoms with Crippen molar-refractivity contribution in [3.05, 3.63) is 11.8 Å². The van der Waals surface area contributed by atoms with Crippen LogP contribution >= 0.6 is 0 Å². The third-order valence-corrected chi connectivity index (χ3v) is 3.20. The highest BCUT2D eigenvalue weighted by atomic mass is 16.5. The molecule has 2 rings (SSSR count). The van der Waals surface area contributed by atoms with Gasteiger partial charge in [0.25, 0.3) is 0 Å². The maximum Gasteiger partial charge on any atom is 0.176 e. The molecule has 1 saturated carbocycles. The summed E-state index contributed by atoms with van der Waals surface area (Å²) in [6.45, 7) is 0. The van der Waals surface area contributed by atoms with Crippen molar-refractivity contribution in [1.29, 1.82) is 0 Å². The molecule has 4 heteroatoms. The number of carbonyl (C=O) groups is 2. The Morgan fingerprint density at radius 2 is 2.33 bits per heavy atom. The first kappa shape index (κ1) is 10.4. The minimum Gasteiger partial charge on any atom is -0.496 e. The van der Waals surface area contributed by atoms with Crippen LogP contribution in [0.15, 0.2) is 11.8 Å². The van der Waals surface area contributed by atoms with Crippen LogP contribution in [-0.4, -0.2) is 31.4 Å². The molecule has 2 aliphatic rings. The molecule has 1 heterocycles. The fourth-order valence-corrected chi connectivity index (χ4v) is 2.28. The maximum atomic E-state index is 11.8. The summed E-state index contributed by atoms with van der Waals surface area (Å²) < 4.78 is 10.6. The van der Waals surface area contributed by atoms with E-state index >= 15 is 0 Å². The second-order valence-corrected chi connectivity index (χ2v) is 4.01. The Hall–Kier alpha value is -1.16. The van der Waals surface area contributed by atoms with Crippen molar-refractivity contribution in [3.63, 3.8) is 0 Å². The molecule has 4 nitrogen and oxygen atoms in total. The highest BCUT2D eigenvalue weighted by molar-refractivity contribution is 6.13. The molecule has 0 aromatic rings. The number of allylic oxidation sites excluding steroid dienone is 1. The van der Waals surface area contributed by atoms with E-state index < -0.39 is 0 Å². The molecule has 0 radical (unpaired) electrons. The Kier molecular flexibility index (Phi) is 2.86. The molecule has 0 bridgehead atoms. The number of ether oxygens (including phenoxy) is 2. The van der Waals surface area contributed by atoms with Gasteiger partial charge in [-0.05, 0) is 12.8 Å². The van der Waals surface area contributed by atoms with Gasteiger partial charge >= 0.3 is 0 Å². The van der Waals surface area contributed by atoms with Crippen LogP contribution in [0.5, 0.6) is 0 Å². The molecular formula is C11H14O4. The quantitative estimate of drug-likeness (QED) is 0.501. The highest BCUT2D eigenvalue weighted by Gasteiger charge is 2.39. The van der Waals surface area contributed by atoms with Gasteiger partial charge < -0.3 is 9.47 Å². The van der Waals surface area contributed by atoms with Crippen LogP contribution in [-0.2, 0) is 19.1 Å². The number of hydrogen-bond acceptors (Lipinski definition) is 4. The van der Waals surface area contributed by atoms with Crippen LogP contribution < -0.4 is 0 Å². The van der Waals surface area contributed by atoms with Crippen molar-refractivity contribution in [1.82, 2.24) is 0 Å². The number of aldehydes is 1. The second kappa shape index (κ2) is 4.14. The summed E-state index contributed by atoms with van der Waals surface area (Å²) in [6.07, 6.45) is 4.25. The predicted molar refractivity (Wildman–Crippen MR) is 52.2 cm³/mol. The largest absolute Gasteiger partial charge is 0.496 e. The topological polar surface area (TPSA) is 52.6 Å². The van der Waals surface area contributed by atoms with Crippen LogP contribution in [0.1, 0.15) is 19.3 Å². The van der Waals surface area contributed by atoms with Crippen molar-refractivity contribution in [2.75, 3.05) is 7.11 Å². The van der Waals surface area contributed by atoms with E-state index in [0.29, 0.717) is 6.29 Å². The van der Waals surface area contributed by atoms with Crippen molar-refractivity contribution in [3.8, 4) is 0 Å². The maximum absolute atomic E-state index is 11.8. The number of carbonyl (C=O) groups excluding carboxylic acids is 2. The van der Waals surface area contributed by atoms with Gasteiger partial charge in [-0.1, -0.05) is 0 Å². The summed E-state index contributed by atoms with van der Waals surface area (Å²) in [6, 6.07) is 0. The van der Waals surface area contributed by atoms with Crippen molar-refractivity contribution < 1.29 is 19.1 Å². The monoisotopic (exact) mass is 210 g/mol. The van der Waals surface area contributed by atoms with E-state index in [1.165, 1.54) is 6.26 Å². The molecule has 0 spiro atoms. The molecule has 0 aromatic carbocycles. The number of ketones is 1. The fraction of sp³-hybridized carbons (Fsp3) is 0.636. The molecule has 82 valence electrons. The summed E-state index contributed by atoms with van der Waals surface area (Å²) in [7, 11) is 1.67. The Morgan fingerprint density at radius 3 is 3.00 bits per heavy atom. The zero-order chi connectivity index (χ0) is 10.8. The van der Waals surface area contributed by atoms with Crippen molar-refractivity contribution >= 4 is 12.1 Å². The predicted octanol–water partition coefficient (Wildman–Crippen LogP) is 0.852. The molecule has 0 aromatic heterocycles. The van der Waals surface area contributed by atoms with E-state index in [9.17, 15) is 9.59 Å². The van der Waals surface area contributed by atoms with Gasteiger partial charge in [-0.2, -0.15) is 0 Å². The summed E-state index contributed by atoms with van der Waals surface area (Å²) in [4.78, 5) is 22.3. The average molecular weight is 210 g/mol. The van der Waals surface area contributed by atoms with Gasteiger partial charge in [0.05, 0.1) is 23.9 Å². The van der Waals surface area contributed by atoms with Gasteiger partial charge in [0.15, 0.2) is 12.1 Å². The minimum atomic E-state index is -0.151. The van der Waals surface area contributed by atoms with Crippen molar-refractivity contribution in [2.24, 2.45) is 5.92 Å². The lowest BCUT2D eigenvalue weighted by molar-refractivity contribution is -0.131. The third-order valence-electron chi connectivity index (χ3n) is 3.20. The first-order valence-electron chi connectivity index (χ1n) is 5.14. The second-order valence-electron chi connectivity index (χ2n) is 4.01. The van der Waals surface area contributed by atoms with E-state index in [2.05, 4.69) is 0 Å². The summed E-state index contributed by atoms with van der Waals surface area (Å²) in [5, 5.41) is 0. The number of fused-ring (bicyclic) bond motifs is 1. The standard InChI is InChI=1S/C11H14O4/c1-14-8-2-3-9-10(4-8)15-6-7(5-12)11(9)13/h5-6,8-10H,2-4H2,1H3. The van der Waals surface area contributed by atoms with E-state index in [4.69, 9.17) is 9.47 Å². The molecule has 1 aliphatic heterocycles. The van der Waals surface area contributed by atoms with Gasteiger partial charge in [0.2, 0.25) is 0 Å². The first-order valence-corrected chi connectivity index (χ1v) is 5.14. The Morgan fingerprint density at radius 1 is 1.53 bits per heavy atom. The smallest absolute Gasteiger partial charge is 0.176 e. The highest BCUT2D eigenvalue weighted by Crippen LogP contribution is 2.33. The Balaban J connectivity index is 2.12. The molecule has 1 fully saturated rings. The lowest BCUT2D eigenvalue weighted by atomic mass is 9.79. The SMILES string of the molecule is COC1CCC2C(=O)C(C=O)=COC2C1. The molecule has 15 heavy (non-hydrogen) atoms. The molecule has 3 atom stereocenters. The average Bonchev–Trinajstić information content (AvgIpc) is 2.29. The van der Waals surface area contributed by atoms with E-state index in [0.717, 1.165) is 19.3 Å². The van der Waals surface area contributed by atoms with Crippen molar-refractivity contribution in [2.45, 2.75) is 31.5 Å². The summed E-state index contributed by atoms with van der Waals surface area (Å²) in [5.74, 6) is -0.225. The normalized spacial score (nSPS) is 35.1. The Bertz CT molecular complexity index is 308. The first-order chi connectivity index (χ1) is 7.26. The molecule has 3 unspecified atom stereocenters. The zero-order valence-corrected chi connectivity index (χ0v) is 8.64. The van der Waals surface area contributed by atoms with E-state index in [1.807, 2.05) is 0 Å². The lowest BCUT2D eigenvalue weighted by Crippen LogP contribution is -2.41. The molecule has 1 aliphatic carbocycles. The fourth-order valence-electron chi connectivity index (χ4n) is 2.28. The van der Waals surface area contributed by atoms with Crippen LogP contribution in [0.25, 0.3) is 0 Å². The van der Waals surface area contributed by atoms with Crippen LogP contribution in [0.2, 0.25) is 0 Å². The van der Waals surface area contributed by atoms with Gasteiger partial charge in [0, 0.05) is 13.5 Å². The van der Waals surface area contributed by atoms with E-state index in [1.54, 1.807) is 7.11 Å². The number of hydrogen-bond donors (Lipinski definition) is 0. The molecule has 0 saturated heterocycles. The zero-order valence-electron chi connectivity index (χ0n) is 8.64. The van der Waals surface area contributed by atoms with Crippen LogP contribution in [0.3, 0.4) is 0 Å². The van der Waals surface area contributed by atoms with Gasteiger partial charge in [-0.15, -0.1) is 0 Å². The van der Waals surface area contributed by atoms with E-state index in [-0.39, 0.29) is 29.5 Å². The third kappa shape index (κ3) is 1.81. The molecule has 0 N–H and O–H groups in total. The van der Waals surface area contributed by atoms with Gasteiger partial charge in [-0.3, -0.25) is 9.59 Å². The minimum absolute atomic E-state index is 0.0733. The van der Waals surface area contributed by atoms with Gasteiger partial charge in [-0.25, -0.2) is 0 Å². The summed E-state index contributed by atoms with van der Waals surface area (Å²) in [5.41, 5.74) is 0.159. The van der Waals surface area contributed by atoms with Crippen LogP contribution in [0.4, 0.5) is 0 Å². The lowest BCUT2D eigenvalue weighted by Gasteiger charge is -2.36. The van der Waals surface area contributed by atoms with Gasteiger partial charge in [0.1, 0.15) is 6.10 Å².